The van der Waals surface area contributed by atoms with Crippen molar-refractivity contribution in [3.63, 3.8) is 0 Å². The predicted molar refractivity (Wildman–Crippen MR) is 70.4 cm³/mol. The number of hydrogen-bond acceptors (Lipinski definition) is 6. The molecular weight excluding hydrogens is 270 g/mol. The van der Waals surface area contributed by atoms with Crippen molar-refractivity contribution in [2.24, 2.45) is 0 Å². The molecule has 1 aromatic heterocycles. The Hall–Kier alpha value is -1.10. The Morgan fingerprint density at radius 3 is 2.79 bits per heavy atom. The monoisotopic (exact) mass is 291 g/mol. The van der Waals surface area contributed by atoms with Crippen molar-refractivity contribution in [2.75, 3.05) is 26.7 Å². The van der Waals surface area contributed by atoms with Gasteiger partial charge in [-0.25, -0.2) is 0 Å². The highest BCUT2D eigenvalue weighted by Crippen LogP contribution is 2.07. The first-order chi connectivity index (χ1) is 8.97. The number of nitrogens with one attached hydrogen (secondary N) is 3. The summed E-state index contributed by atoms with van der Waals surface area (Å²) in [5.74, 6) is 0.310. The molecule has 1 unspecified atom stereocenters. The van der Waals surface area contributed by atoms with Crippen LogP contribution in [0, 0.1) is 0 Å². The van der Waals surface area contributed by atoms with Crippen LogP contribution in [0.15, 0.2) is 0 Å². The van der Waals surface area contributed by atoms with Gasteiger partial charge >= 0.3 is 0 Å². The third-order valence-corrected chi connectivity index (χ3v) is 4.22. The van der Waals surface area contributed by atoms with E-state index in [4.69, 9.17) is 0 Å². The second-order valence-electron chi connectivity index (χ2n) is 4.14. The molecule has 0 aliphatic carbocycles. The molecule has 19 heavy (non-hydrogen) atoms. The zero-order valence-corrected chi connectivity index (χ0v) is 12.2. The van der Waals surface area contributed by atoms with Gasteiger partial charge in [-0.1, -0.05) is 12.1 Å². The average molecular weight is 291 g/mol. The quantitative estimate of drug-likeness (QED) is 0.504. The summed E-state index contributed by atoms with van der Waals surface area (Å²) in [5.41, 5.74) is 0. The topological polar surface area (TPSA) is 116 Å². The molecule has 1 atom stereocenters. The second kappa shape index (κ2) is 7.48. The molecule has 10 heteroatoms. The Bertz CT molecular complexity index is 447. The van der Waals surface area contributed by atoms with Gasteiger partial charge in [0.15, 0.2) is 5.82 Å². The van der Waals surface area contributed by atoms with Crippen LogP contribution in [-0.2, 0) is 10.2 Å². The lowest BCUT2D eigenvalue weighted by atomic mass is 10.4. The number of rotatable bonds is 9. The summed E-state index contributed by atoms with van der Waals surface area (Å²) in [4.78, 5) is 0. The van der Waals surface area contributed by atoms with E-state index in [0.717, 1.165) is 19.5 Å². The van der Waals surface area contributed by atoms with Gasteiger partial charge in [0.1, 0.15) is 0 Å². The van der Waals surface area contributed by atoms with Crippen LogP contribution < -0.4 is 10.0 Å². The van der Waals surface area contributed by atoms with Gasteiger partial charge in [0.2, 0.25) is 0 Å². The van der Waals surface area contributed by atoms with Crippen molar-refractivity contribution in [1.29, 1.82) is 0 Å². The number of nitrogens with zero attached hydrogens (tertiary/aromatic N) is 4. The van der Waals surface area contributed by atoms with E-state index < -0.39 is 16.3 Å². The van der Waals surface area contributed by atoms with Crippen molar-refractivity contribution < 1.29 is 8.42 Å². The van der Waals surface area contributed by atoms with Crippen LogP contribution in [0.4, 0.5) is 0 Å². The first-order valence-corrected chi connectivity index (χ1v) is 7.59. The molecule has 110 valence electrons. The van der Waals surface area contributed by atoms with Crippen LogP contribution in [0.1, 0.15) is 32.1 Å². The van der Waals surface area contributed by atoms with E-state index in [2.05, 4.69) is 30.7 Å². The van der Waals surface area contributed by atoms with Gasteiger partial charge in [-0.05, 0) is 26.4 Å². The van der Waals surface area contributed by atoms with Gasteiger partial charge < -0.3 is 5.32 Å². The zero-order chi connectivity index (χ0) is 14.3. The van der Waals surface area contributed by atoms with Crippen LogP contribution in [-0.4, -0.2) is 60.0 Å². The molecule has 0 aliphatic rings. The highest BCUT2D eigenvalue weighted by molar-refractivity contribution is 7.87. The van der Waals surface area contributed by atoms with E-state index in [0.29, 0.717) is 12.4 Å². The molecule has 0 aromatic carbocycles. The first-order valence-electron chi connectivity index (χ1n) is 6.15. The fourth-order valence-electron chi connectivity index (χ4n) is 1.44. The Morgan fingerprint density at radius 1 is 1.47 bits per heavy atom. The Balaban J connectivity index is 2.46. The van der Waals surface area contributed by atoms with Gasteiger partial charge in [-0.2, -0.15) is 22.7 Å². The lowest BCUT2D eigenvalue weighted by Crippen LogP contribution is -2.40. The maximum atomic E-state index is 12.0. The van der Waals surface area contributed by atoms with Crippen LogP contribution in [0.3, 0.4) is 0 Å². The molecule has 3 N–H and O–H groups in total. The summed E-state index contributed by atoms with van der Waals surface area (Å²) in [6.07, 6.45) is 0.752. The van der Waals surface area contributed by atoms with Crippen LogP contribution in [0.5, 0.6) is 0 Å². The molecule has 0 aliphatic heterocycles. The van der Waals surface area contributed by atoms with Crippen molar-refractivity contribution in [1.82, 2.24) is 35.0 Å². The minimum Gasteiger partial charge on any atom is -0.317 e. The summed E-state index contributed by atoms with van der Waals surface area (Å²) in [7, 11) is -2.00. The Kier molecular flexibility index (Phi) is 6.28. The summed E-state index contributed by atoms with van der Waals surface area (Å²) in [5, 5.41) is 16.3. The van der Waals surface area contributed by atoms with Crippen molar-refractivity contribution in [3.05, 3.63) is 5.82 Å². The fraction of sp³-hybridized carbons (Fsp3) is 0.889. The summed E-state index contributed by atoms with van der Waals surface area (Å²) >= 11 is 0. The fourth-order valence-corrected chi connectivity index (χ4v) is 2.54. The highest BCUT2D eigenvalue weighted by Gasteiger charge is 2.22. The van der Waals surface area contributed by atoms with E-state index in [1.165, 1.54) is 11.4 Å². The van der Waals surface area contributed by atoms with Gasteiger partial charge in [0, 0.05) is 13.6 Å². The number of aromatic nitrogens is 4. The number of hydrogen-bond donors (Lipinski definition) is 3. The third-order valence-electron chi connectivity index (χ3n) is 2.56. The summed E-state index contributed by atoms with van der Waals surface area (Å²) < 4.78 is 27.8. The standard InChI is InChI=1S/C9H21N7O2S/c1-4-10-6-5-7-16(3)19(17,18)13-8(2)9-11-14-15-12-9/h8,10,13H,4-7H2,1-3H3,(H,11,12,14,15). The minimum atomic E-state index is -3.54. The van der Waals surface area contributed by atoms with E-state index in [1.807, 2.05) is 6.92 Å². The van der Waals surface area contributed by atoms with Crippen molar-refractivity contribution in [2.45, 2.75) is 26.3 Å². The largest absolute Gasteiger partial charge is 0.317 e. The maximum Gasteiger partial charge on any atom is 0.279 e. The number of tetrazole rings is 1. The Labute approximate surface area is 113 Å². The summed E-state index contributed by atoms with van der Waals surface area (Å²) in [6, 6.07) is -0.528. The molecule has 9 nitrogen and oxygen atoms in total. The van der Waals surface area contributed by atoms with Gasteiger partial charge in [0.05, 0.1) is 6.04 Å². The SMILES string of the molecule is CCNCCCN(C)S(=O)(=O)NC(C)c1nn[nH]n1. The predicted octanol–water partition coefficient (Wildman–Crippen LogP) is -0.973. The molecule has 0 bridgehead atoms. The van der Waals surface area contributed by atoms with Gasteiger partial charge in [-0.15, -0.1) is 10.2 Å². The molecule has 0 saturated carbocycles. The molecule has 0 saturated heterocycles. The molecule has 0 amide bonds. The lowest BCUT2D eigenvalue weighted by Gasteiger charge is -2.19. The molecule has 0 spiro atoms. The number of H-pyrrole nitrogens is 1. The molecule has 1 heterocycles. The summed E-state index contributed by atoms with van der Waals surface area (Å²) in [6.45, 7) is 5.78. The zero-order valence-electron chi connectivity index (χ0n) is 11.4. The van der Waals surface area contributed by atoms with E-state index in [-0.39, 0.29) is 0 Å². The Morgan fingerprint density at radius 2 is 2.21 bits per heavy atom. The van der Waals surface area contributed by atoms with Crippen molar-refractivity contribution >= 4 is 10.2 Å². The minimum absolute atomic E-state index is 0.310. The van der Waals surface area contributed by atoms with Crippen LogP contribution in [0.2, 0.25) is 0 Å². The van der Waals surface area contributed by atoms with Crippen LogP contribution in [0.25, 0.3) is 0 Å². The maximum absolute atomic E-state index is 12.0. The highest BCUT2D eigenvalue weighted by atomic mass is 32.2. The molecule has 1 aromatic rings. The van der Waals surface area contributed by atoms with E-state index in [1.54, 1.807) is 6.92 Å². The first kappa shape index (κ1) is 16.0. The number of aromatic amines is 1. The van der Waals surface area contributed by atoms with Gasteiger partial charge in [-0.3, -0.25) is 0 Å². The lowest BCUT2D eigenvalue weighted by molar-refractivity contribution is 0.438. The smallest absolute Gasteiger partial charge is 0.279 e. The molecule has 0 radical (unpaired) electrons. The van der Waals surface area contributed by atoms with E-state index >= 15 is 0 Å². The average Bonchev–Trinajstić information content (AvgIpc) is 2.87. The third kappa shape index (κ3) is 5.19. The second-order valence-corrected chi connectivity index (χ2v) is 5.95. The van der Waals surface area contributed by atoms with Crippen LogP contribution >= 0.6 is 0 Å². The molecule has 0 fully saturated rings. The van der Waals surface area contributed by atoms with E-state index in [9.17, 15) is 8.42 Å². The normalized spacial score (nSPS) is 13.9. The van der Waals surface area contributed by atoms with Crippen molar-refractivity contribution in [3.8, 4) is 0 Å². The van der Waals surface area contributed by atoms with Gasteiger partial charge in [0.25, 0.3) is 10.2 Å². The molecular formula is C9H21N7O2S. The molecule has 1 rings (SSSR count).